The smallest absolute Gasteiger partial charge is 0.251 e. The standard InChI is InChI=1S/C16H22N6O/c1-17-15(23)13-6-4-5-12(9-13)10-19-16(18-2)20-11-14-7-8-21-22(14)3/h4-9H,10-11H2,1-3H3,(H,17,23)(H2,18,19,20). The summed E-state index contributed by atoms with van der Waals surface area (Å²) < 4.78 is 1.81. The van der Waals surface area contributed by atoms with Crippen molar-refractivity contribution in [2.24, 2.45) is 12.0 Å². The number of guanidine groups is 1. The fraction of sp³-hybridized carbons (Fsp3) is 0.312. The van der Waals surface area contributed by atoms with E-state index in [1.165, 1.54) is 0 Å². The van der Waals surface area contributed by atoms with Gasteiger partial charge in [0.2, 0.25) is 0 Å². The lowest BCUT2D eigenvalue weighted by molar-refractivity contribution is 0.0963. The van der Waals surface area contributed by atoms with Crippen LogP contribution in [0.3, 0.4) is 0 Å². The fourth-order valence-corrected chi connectivity index (χ4v) is 2.12. The van der Waals surface area contributed by atoms with Crippen molar-refractivity contribution in [1.82, 2.24) is 25.7 Å². The molecule has 1 aromatic heterocycles. The third-order valence-electron chi connectivity index (χ3n) is 3.46. The number of nitrogens with zero attached hydrogens (tertiary/aromatic N) is 3. The average Bonchev–Trinajstić information content (AvgIpc) is 2.99. The van der Waals surface area contributed by atoms with Crippen molar-refractivity contribution in [1.29, 1.82) is 0 Å². The van der Waals surface area contributed by atoms with Gasteiger partial charge in [-0.1, -0.05) is 12.1 Å². The zero-order chi connectivity index (χ0) is 16.7. The lowest BCUT2D eigenvalue weighted by atomic mass is 10.1. The first-order valence-corrected chi connectivity index (χ1v) is 7.36. The van der Waals surface area contributed by atoms with E-state index in [1.807, 2.05) is 36.0 Å². The van der Waals surface area contributed by atoms with Crippen LogP contribution in [0.15, 0.2) is 41.5 Å². The number of carbonyl (C=O) groups is 1. The van der Waals surface area contributed by atoms with Gasteiger partial charge in [0.15, 0.2) is 5.96 Å². The number of aliphatic imine (C=N–C) groups is 1. The highest BCUT2D eigenvalue weighted by Crippen LogP contribution is 2.05. The summed E-state index contributed by atoms with van der Waals surface area (Å²) in [4.78, 5) is 15.8. The molecular formula is C16H22N6O. The van der Waals surface area contributed by atoms with E-state index in [2.05, 4.69) is 26.0 Å². The van der Waals surface area contributed by atoms with E-state index in [1.54, 1.807) is 26.4 Å². The molecule has 0 atom stereocenters. The highest BCUT2D eigenvalue weighted by atomic mass is 16.1. The highest BCUT2D eigenvalue weighted by molar-refractivity contribution is 5.94. The summed E-state index contributed by atoms with van der Waals surface area (Å²) in [7, 11) is 5.24. The lowest BCUT2D eigenvalue weighted by Crippen LogP contribution is -2.36. The van der Waals surface area contributed by atoms with Crippen LogP contribution >= 0.6 is 0 Å². The molecule has 2 rings (SSSR count). The molecule has 1 amide bonds. The van der Waals surface area contributed by atoms with Gasteiger partial charge in [-0.3, -0.25) is 14.5 Å². The minimum Gasteiger partial charge on any atom is -0.355 e. The van der Waals surface area contributed by atoms with Gasteiger partial charge in [0, 0.05) is 39.4 Å². The van der Waals surface area contributed by atoms with Gasteiger partial charge in [0.25, 0.3) is 5.91 Å². The molecule has 0 fully saturated rings. The van der Waals surface area contributed by atoms with Gasteiger partial charge >= 0.3 is 0 Å². The van der Waals surface area contributed by atoms with Gasteiger partial charge in [0.05, 0.1) is 12.2 Å². The molecule has 0 unspecified atom stereocenters. The number of carbonyl (C=O) groups excluding carboxylic acids is 1. The van der Waals surface area contributed by atoms with Crippen molar-refractivity contribution >= 4 is 11.9 Å². The Bertz CT molecular complexity index is 691. The highest BCUT2D eigenvalue weighted by Gasteiger charge is 2.05. The third kappa shape index (κ3) is 4.57. The van der Waals surface area contributed by atoms with Crippen molar-refractivity contribution in [3.8, 4) is 0 Å². The van der Waals surface area contributed by atoms with E-state index in [9.17, 15) is 4.79 Å². The molecule has 0 aliphatic rings. The summed E-state index contributed by atoms with van der Waals surface area (Å²) in [6, 6.07) is 9.44. The van der Waals surface area contributed by atoms with Gasteiger partial charge in [-0.15, -0.1) is 0 Å². The van der Waals surface area contributed by atoms with Crippen LogP contribution in [-0.2, 0) is 20.1 Å². The van der Waals surface area contributed by atoms with E-state index in [0.29, 0.717) is 24.6 Å². The second-order valence-electron chi connectivity index (χ2n) is 5.00. The molecule has 23 heavy (non-hydrogen) atoms. The molecule has 0 radical (unpaired) electrons. The molecule has 1 heterocycles. The first-order chi connectivity index (χ1) is 11.1. The maximum atomic E-state index is 11.6. The van der Waals surface area contributed by atoms with Crippen LogP contribution < -0.4 is 16.0 Å². The number of aryl methyl sites for hydroxylation is 1. The van der Waals surface area contributed by atoms with Crippen LogP contribution in [-0.4, -0.2) is 35.7 Å². The number of nitrogens with one attached hydrogen (secondary N) is 3. The molecule has 0 saturated carbocycles. The van der Waals surface area contributed by atoms with E-state index in [0.717, 1.165) is 11.3 Å². The van der Waals surface area contributed by atoms with Crippen molar-refractivity contribution in [2.75, 3.05) is 14.1 Å². The molecule has 2 aromatic rings. The molecule has 0 aliphatic carbocycles. The summed E-state index contributed by atoms with van der Waals surface area (Å²) in [6.07, 6.45) is 1.76. The third-order valence-corrected chi connectivity index (χ3v) is 3.46. The van der Waals surface area contributed by atoms with Crippen molar-refractivity contribution in [3.05, 3.63) is 53.3 Å². The van der Waals surface area contributed by atoms with Gasteiger partial charge in [-0.25, -0.2) is 0 Å². The monoisotopic (exact) mass is 314 g/mol. The summed E-state index contributed by atoms with van der Waals surface area (Å²) in [5.41, 5.74) is 2.72. The first kappa shape index (κ1) is 16.5. The molecular weight excluding hydrogens is 292 g/mol. The second kappa shape index (κ2) is 7.98. The molecule has 7 nitrogen and oxygen atoms in total. The first-order valence-electron chi connectivity index (χ1n) is 7.36. The van der Waals surface area contributed by atoms with Crippen LogP contribution in [0.1, 0.15) is 21.6 Å². The molecule has 0 aliphatic heterocycles. The number of rotatable bonds is 5. The summed E-state index contributed by atoms with van der Waals surface area (Å²) in [5, 5.41) is 13.2. The molecule has 0 bridgehead atoms. The minimum atomic E-state index is -0.0921. The summed E-state index contributed by atoms with van der Waals surface area (Å²) in [5.74, 6) is 0.599. The van der Waals surface area contributed by atoms with Crippen LogP contribution in [0.25, 0.3) is 0 Å². The number of hydrogen-bond donors (Lipinski definition) is 3. The lowest BCUT2D eigenvalue weighted by Gasteiger charge is -2.12. The molecule has 7 heteroatoms. The topological polar surface area (TPSA) is 83.3 Å². The van der Waals surface area contributed by atoms with Gasteiger partial charge in [0.1, 0.15) is 0 Å². The van der Waals surface area contributed by atoms with Crippen molar-refractivity contribution in [2.45, 2.75) is 13.1 Å². The Morgan fingerprint density at radius 2 is 2.04 bits per heavy atom. The van der Waals surface area contributed by atoms with Crippen molar-refractivity contribution in [3.63, 3.8) is 0 Å². The Labute approximate surface area is 135 Å². The quantitative estimate of drug-likeness (QED) is 0.559. The molecule has 1 aromatic carbocycles. The van der Waals surface area contributed by atoms with Crippen molar-refractivity contribution < 1.29 is 4.79 Å². The number of amides is 1. The number of aromatic nitrogens is 2. The van der Waals surface area contributed by atoms with E-state index < -0.39 is 0 Å². The average molecular weight is 314 g/mol. The Kier molecular flexibility index (Phi) is 5.74. The van der Waals surface area contributed by atoms with Crippen LogP contribution in [0, 0.1) is 0 Å². The second-order valence-corrected chi connectivity index (χ2v) is 5.00. The Morgan fingerprint density at radius 3 is 2.70 bits per heavy atom. The van der Waals surface area contributed by atoms with Crippen LogP contribution in [0.2, 0.25) is 0 Å². The predicted octanol–water partition coefficient (Wildman–Crippen LogP) is 0.645. The van der Waals surface area contributed by atoms with E-state index in [4.69, 9.17) is 0 Å². The normalized spacial score (nSPS) is 11.2. The Morgan fingerprint density at radius 1 is 1.26 bits per heavy atom. The largest absolute Gasteiger partial charge is 0.355 e. The Hall–Kier alpha value is -2.83. The van der Waals surface area contributed by atoms with Crippen LogP contribution in [0.5, 0.6) is 0 Å². The Balaban J connectivity index is 1.90. The van der Waals surface area contributed by atoms with Crippen LogP contribution in [0.4, 0.5) is 0 Å². The zero-order valence-electron chi connectivity index (χ0n) is 13.6. The maximum absolute atomic E-state index is 11.6. The maximum Gasteiger partial charge on any atom is 0.251 e. The summed E-state index contributed by atoms with van der Waals surface area (Å²) in [6.45, 7) is 1.21. The van der Waals surface area contributed by atoms with E-state index >= 15 is 0 Å². The molecule has 0 saturated heterocycles. The van der Waals surface area contributed by atoms with Gasteiger partial charge in [-0.2, -0.15) is 5.10 Å². The summed E-state index contributed by atoms with van der Waals surface area (Å²) >= 11 is 0. The minimum absolute atomic E-state index is 0.0921. The molecule has 122 valence electrons. The molecule has 3 N–H and O–H groups in total. The SMILES string of the molecule is CN=C(NCc1cccc(C(=O)NC)c1)NCc1ccnn1C. The van der Waals surface area contributed by atoms with Gasteiger partial charge in [-0.05, 0) is 23.8 Å². The zero-order valence-corrected chi connectivity index (χ0v) is 13.6. The predicted molar refractivity (Wildman–Crippen MR) is 90.1 cm³/mol. The van der Waals surface area contributed by atoms with E-state index in [-0.39, 0.29) is 5.91 Å². The fourth-order valence-electron chi connectivity index (χ4n) is 2.12. The molecule has 0 spiro atoms. The van der Waals surface area contributed by atoms with Gasteiger partial charge < -0.3 is 16.0 Å². The number of hydrogen-bond acceptors (Lipinski definition) is 3. The number of benzene rings is 1.